The van der Waals surface area contributed by atoms with Gasteiger partial charge in [-0.1, -0.05) is 47.1 Å². The average Bonchev–Trinajstić information content (AvgIpc) is 3.21. The number of benzene rings is 3. The van der Waals surface area contributed by atoms with Crippen LogP contribution in [0.3, 0.4) is 0 Å². The van der Waals surface area contributed by atoms with Gasteiger partial charge in [0.25, 0.3) is 5.89 Å². The van der Waals surface area contributed by atoms with Crippen molar-refractivity contribution in [3.8, 4) is 28.6 Å². The molecule has 0 bridgehead atoms. The van der Waals surface area contributed by atoms with E-state index in [9.17, 15) is 0 Å². The molecule has 0 atom stereocenters. The van der Waals surface area contributed by atoms with Crippen LogP contribution in [0.1, 0.15) is 16.7 Å². The predicted molar refractivity (Wildman–Crippen MR) is 115 cm³/mol. The first-order valence-electron chi connectivity index (χ1n) is 9.18. The van der Waals surface area contributed by atoms with Gasteiger partial charge in [-0.2, -0.15) is 4.98 Å². The van der Waals surface area contributed by atoms with Crippen LogP contribution in [-0.4, -0.2) is 10.1 Å². The van der Waals surface area contributed by atoms with Crippen LogP contribution in [0.15, 0.2) is 65.2 Å². The number of aryl methyl sites for hydroxylation is 1. The fourth-order valence-electron chi connectivity index (χ4n) is 3.02. The topological polar surface area (TPSA) is 74.2 Å². The first kappa shape index (κ1) is 19.0. The monoisotopic (exact) mass is 405 g/mol. The lowest BCUT2D eigenvalue weighted by Gasteiger charge is -2.09. The zero-order valence-corrected chi connectivity index (χ0v) is 16.9. The first-order valence-corrected chi connectivity index (χ1v) is 9.56. The van der Waals surface area contributed by atoms with Crippen LogP contribution in [0.2, 0.25) is 5.02 Å². The molecular formula is C23H20ClN3O2. The Morgan fingerprint density at radius 1 is 1.03 bits per heavy atom. The van der Waals surface area contributed by atoms with Gasteiger partial charge in [-0.3, -0.25) is 0 Å². The van der Waals surface area contributed by atoms with Crippen molar-refractivity contribution < 1.29 is 9.26 Å². The van der Waals surface area contributed by atoms with E-state index < -0.39 is 0 Å². The summed E-state index contributed by atoms with van der Waals surface area (Å²) in [6, 6.07) is 19.2. The molecule has 146 valence electrons. The highest BCUT2D eigenvalue weighted by molar-refractivity contribution is 6.32. The van der Waals surface area contributed by atoms with E-state index in [-0.39, 0.29) is 0 Å². The molecule has 4 aromatic rings. The fourth-order valence-corrected chi connectivity index (χ4v) is 3.19. The van der Waals surface area contributed by atoms with E-state index in [2.05, 4.69) is 10.1 Å². The number of aromatic nitrogens is 2. The van der Waals surface area contributed by atoms with E-state index in [0.29, 0.717) is 34.8 Å². The van der Waals surface area contributed by atoms with E-state index >= 15 is 0 Å². The highest BCUT2D eigenvalue weighted by Gasteiger charge is 2.14. The second-order valence-electron chi connectivity index (χ2n) is 6.87. The molecule has 0 aliphatic rings. The van der Waals surface area contributed by atoms with Crippen molar-refractivity contribution in [1.82, 2.24) is 10.1 Å². The molecule has 1 aromatic heterocycles. The third-order valence-corrected chi connectivity index (χ3v) is 5.01. The normalized spacial score (nSPS) is 10.9. The van der Waals surface area contributed by atoms with Crippen LogP contribution in [-0.2, 0) is 6.61 Å². The summed E-state index contributed by atoms with van der Waals surface area (Å²) in [4.78, 5) is 4.54. The zero-order chi connectivity index (χ0) is 20.4. The Morgan fingerprint density at radius 3 is 2.72 bits per heavy atom. The number of hydrogen-bond acceptors (Lipinski definition) is 5. The van der Waals surface area contributed by atoms with Gasteiger partial charge in [0.15, 0.2) is 0 Å². The van der Waals surface area contributed by atoms with Crippen molar-refractivity contribution in [3.63, 3.8) is 0 Å². The molecule has 0 spiro atoms. The van der Waals surface area contributed by atoms with Gasteiger partial charge in [0.1, 0.15) is 12.4 Å². The fraction of sp³-hybridized carbons (Fsp3) is 0.130. The van der Waals surface area contributed by atoms with Gasteiger partial charge in [0, 0.05) is 16.8 Å². The minimum absolute atomic E-state index is 0.381. The van der Waals surface area contributed by atoms with Crippen molar-refractivity contribution >= 4 is 17.3 Å². The molecule has 0 saturated carbocycles. The lowest BCUT2D eigenvalue weighted by atomic mass is 10.1. The van der Waals surface area contributed by atoms with Gasteiger partial charge in [-0.15, -0.1) is 0 Å². The second kappa shape index (κ2) is 7.97. The Balaban J connectivity index is 1.55. The number of anilines is 1. The maximum atomic E-state index is 6.21. The summed E-state index contributed by atoms with van der Waals surface area (Å²) in [5, 5.41) is 4.71. The van der Waals surface area contributed by atoms with Crippen LogP contribution in [0.5, 0.6) is 5.75 Å². The SMILES string of the molecule is Cc1ccc(Cl)c(OCc2cccc(-c3nc(-c4cccc(N)c4C)no3)c2)c1. The minimum atomic E-state index is 0.381. The van der Waals surface area contributed by atoms with Gasteiger partial charge < -0.3 is 15.0 Å². The average molecular weight is 406 g/mol. The van der Waals surface area contributed by atoms with Gasteiger partial charge in [0.05, 0.1) is 5.02 Å². The van der Waals surface area contributed by atoms with E-state index in [0.717, 1.165) is 27.8 Å². The molecule has 1 heterocycles. The standard InChI is InChI=1S/C23H20ClN3O2/c1-14-9-10-19(24)21(11-14)28-13-16-5-3-6-17(12-16)23-26-22(27-29-23)18-7-4-8-20(25)15(18)2/h3-12H,13,25H2,1-2H3. The van der Waals surface area contributed by atoms with Crippen LogP contribution >= 0.6 is 11.6 Å². The maximum Gasteiger partial charge on any atom is 0.258 e. The maximum absolute atomic E-state index is 6.21. The van der Waals surface area contributed by atoms with Crippen molar-refractivity contribution in [2.45, 2.75) is 20.5 Å². The summed E-state index contributed by atoms with van der Waals surface area (Å²) >= 11 is 6.21. The molecule has 0 amide bonds. The highest BCUT2D eigenvalue weighted by Crippen LogP contribution is 2.29. The van der Waals surface area contributed by atoms with Crippen molar-refractivity contribution in [2.75, 3.05) is 5.73 Å². The summed E-state index contributed by atoms with van der Waals surface area (Å²) in [6.07, 6.45) is 0. The molecule has 5 nitrogen and oxygen atoms in total. The summed E-state index contributed by atoms with van der Waals surface area (Å²) in [7, 11) is 0. The molecule has 3 aromatic carbocycles. The molecule has 0 radical (unpaired) electrons. The van der Waals surface area contributed by atoms with Crippen molar-refractivity contribution in [1.29, 1.82) is 0 Å². The highest BCUT2D eigenvalue weighted by atomic mass is 35.5. The molecule has 0 unspecified atom stereocenters. The van der Waals surface area contributed by atoms with Crippen molar-refractivity contribution in [3.05, 3.63) is 82.4 Å². The molecular weight excluding hydrogens is 386 g/mol. The summed E-state index contributed by atoms with van der Waals surface area (Å²) in [5.41, 5.74) is 11.4. The predicted octanol–water partition coefficient (Wildman–Crippen LogP) is 5.84. The molecule has 2 N–H and O–H groups in total. The van der Waals surface area contributed by atoms with Crippen LogP contribution in [0.4, 0.5) is 5.69 Å². The Morgan fingerprint density at radius 2 is 1.86 bits per heavy atom. The number of ether oxygens (including phenoxy) is 1. The number of rotatable bonds is 5. The smallest absolute Gasteiger partial charge is 0.258 e. The minimum Gasteiger partial charge on any atom is -0.487 e. The van der Waals surface area contributed by atoms with E-state index in [1.165, 1.54) is 0 Å². The van der Waals surface area contributed by atoms with Gasteiger partial charge >= 0.3 is 0 Å². The Kier molecular flexibility index (Phi) is 5.23. The number of hydrogen-bond donors (Lipinski definition) is 1. The van der Waals surface area contributed by atoms with Crippen molar-refractivity contribution in [2.24, 2.45) is 0 Å². The number of nitrogens with two attached hydrogens (primary N) is 1. The Labute approximate surface area is 174 Å². The lowest BCUT2D eigenvalue weighted by molar-refractivity contribution is 0.306. The third-order valence-electron chi connectivity index (χ3n) is 4.70. The summed E-state index contributed by atoms with van der Waals surface area (Å²) in [6.45, 7) is 4.32. The second-order valence-corrected chi connectivity index (χ2v) is 7.27. The van der Waals surface area contributed by atoms with Crippen LogP contribution < -0.4 is 10.5 Å². The Bertz CT molecular complexity index is 1170. The van der Waals surface area contributed by atoms with Gasteiger partial charge in [-0.25, -0.2) is 0 Å². The molecule has 0 aliphatic heterocycles. The number of nitrogens with zero attached hydrogens (tertiary/aromatic N) is 2. The lowest BCUT2D eigenvalue weighted by Crippen LogP contribution is -1.96. The molecule has 0 fully saturated rings. The van der Waals surface area contributed by atoms with Crippen LogP contribution in [0, 0.1) is 13.8 Å². The zero-order valence-electron chi connectivity index (χ0n) is 16.1. The molecule has 0 saturated heterocycles. The molecule has 29 heavy (non-hydrogen) atoms. The third kappa shape index (κ3) is 4.10. The quantitative estimate of drug-likeness (QED) is 0.422. The number of halogens is 1. The van der Waals surface area contributed by atoms with Crippen LogP contribution in [0.25, 0.3) is 22.8 Å². The number of nitrogen functional groups attached to an aromatic ring is 1. The molecule has 4 rings (SSSR count). The van der Waals surface area contributed by atoms with E-state index in [4.69, 9.17) is 26.6 Å². The largest absolute Gasteiger partial charge is 0.487 e. The summed E-state index contributed by atoms with van der Waals surface area (Å²) in [5.74, 6) is 1.62. The van der Waals surface area contributed by atoms with Gasteiger partial charge in [-0.05, 0) is 60.9 Å². The Hall–Kier alpha value is -3.31. The van der Waals surface area contributed by atoms with E-state index in [1.807, 2.05) is 74.5 Å². The molecule has 6 heteroatoms. The first-order chi connectivity index (χ1) is 14.0. The molecule has 0 aliphatic carbocycles. The van der Waals surface area contributed by atoms with Gasteiger partial charge in [0.2, 0.25) is 5.82 Å². The van der Waals surface area contributed by atoms with E-state index in [1.54, 1.807) is 0 Å². The summed E-state index contributed by atoms with van der Waals surface area (Å²) < 4.78 is 11.4.